The van der Waals surface area contributed by atoms with E-state index in [0.29, 0.717) is 0 Å². The fraction of sp³-hybridized carbons (Fsp3) is 0.100. The number of aryl methyl sites for hydroxylation is 1. The molecular formula is C40H31N. The first-order valence-corrected chi connectivity index (χ1v) is 14.6. The summed E-state index contributed by atoms with van der Waals surface area (Å²) in [6.07, 6.45) is 22.1. The molecule has 4 aromatic carbocycles. The maximum atomic E-state index is 3.90. The lowest BCUT2D eigenvalue weighted by atomic mass is 9.89. The second-order valence-electron chi connectivity index (χ2n) is 11.2. The van der Waals surface area contributed by atoms with E-state index in [9.17, 15) is 0 Å². The number of hydrogen-bond acceptors (Lipinski definition) is 0. The highest BCUT2D eigenvalue weighted by Gasteiger charge is 2.30. The van der Waals surface area contributed by atoms with Crippen LogP contribution in [0.5, 0.6) is 0 Å². The molecule has 41 heavy (non-hydrogen) atoms. The van der Waals surface area contributed by atoms with E-state index in [1.807, 2.05) is 12.2 Å². The SMILES string of the molecule is C=C/C=C\C=C(/Cn1c2c(c3ccccc31)=C1c3cccc4cccc(c34)C1C=CC=2)c1cccc2c1C=CCC2. The van der Waals surface area contributed by atoms with E-state index in [-0.39, 0.29) is 5.92 Å². The molecule has 5 aromatic rings. The van der Waals surface area contributed by atoms with Gasteiger partial charge in [-0.1, -0.05) is 128 Å². The Bertz CT molecular complexity index is 2140. The van der Waals surface area contributed by atoms with Crippen LogP contribution in [0, 0.1) is 0 Å². The monoisotopic (exact) mass is 525 g/mol. The lowest BCUT2D eigenvalue weighted by Gasteiger charge is -2.18. The average Bonchev–Trinajstić information content (AvgIpc) is 3.40. The number of benzene rings is 4. The quantitative estimate of drug-likeness (QED) is 0.204. The fourth-order valence-electron chi connectivity index (χ4n) is 7.27. The van der Waals surface area contributed by atoms with Crippen LogP contribution in [0.1, 0.15) is 40.2 Å². The maximum Gasteiger partial charge on any atom is 0.0497 e. The van der Waals surface area contributed by atoms with Gasteiger partial charge in [0.15, 0.2) is 0 Å². The van der Waals surface area contributed by atoms with Crippen LogP contribution < -0.4 is 10.6 Å². The first-order valence-electron chi connectivity index (χ1n) is 14.6. The van der Waals surface area contributed by atoms with Crippen LogP contribution in [-0.2, 0) is 13.0 Å². The molecule has 1 aromatic heterocycles. The number of fused-ring (bicyclic) bond motifs is 7. The molecule has 0 amide bonds. The highest BCUT2D eigenvalue weighted by Crippen LogP contribution is 2.46. The normalized spacial score (nSPS) is 17.0. The second-order valence-corrected chi connectivity index (χ2v) is 11.2. The van der Waals surface area contributed by atoms with Gasteiger partial charge in [0, 0.05) is 33.9 Å². The lowest BCUT2D eigenvalue weighted by Crippen LogP contribution is -2.31. The van der Waals surface area contributed by atoms with Crippen LogP contribution in [0.15, 0.2) is 128 Å². The van der Waals surface area contributed by atoms with Gasteiger partial charge in [0.1, 0.15) is 0 Å². The van der Waals surface area contributed by atoms with Crippen molar-refractivity contribution in [1.82, 2.24) is 4.57 Å². The van der Waals surface area contributed by atoms with Crippen molar-refractivity contribution >= 4 is 45.0 Å². The summed E-state index contributed by atoms with van der Waals surface area (Å²) in [5.41, 5.74) is 10.9. The Morgan fingerprint density at radius 2 is 1.80 bits per heavy atom. The van der Waals surface area contributed by atoms with Gasteiger partial charge in [0.2, 0.25) is 0 Å². The predicted molar refractivity (Wildman–Crippen MR) is 175 cm³/mol. The molecule has 0 fully saturated rings. The average molecular weight is 526 g/mol. The smallest absolute Gasteiger partial charge is 0.0497 e. The summed E-state index contributed by atoms with van der Waals surface area (Å²) in [5, 5.41) is 6.70. The topological polar surface area (TPSA) is 4.93 Å². The summed E-state index contributed by atoms with van der Waals surface area (Å²) < 4.78 is 2.53. The number of allylic oxidation sites excluding steroid dienone is 8. The highest BCUT2D eigenvalue weighted by molar-refractivity contribution is 6.05. The molecule has 8 rings (SSSR count). The second kappa shape index (κ2) is 9.64. The highest BCUT2D eigenvalue weighted by atomic mass is 15.0. The molecule has 1 unspecified atom stereocenters. The first kappa shape index (κ1) is 24.0. The molecular weight excluding hydrogens is 494 g/mol. The van der Waals surface area contributed by atoms with Crippen LogP contribution >= 0.6 is 0 Å². The van der Waals surface area contributed by atoms with Crippen molar-refractivity contribution < 1.29 is 0 Å². The molecule has 1 heteroatoms. The van der Waals surface area contributed by atoms with E-state index < -0.39 is 0 Å². The first-order chi connectivity index (χ1) is 20.3. The Hall–Kier alpha value is -4.88. The van der Waals surface area contributed by atoms with E-state index in [0.717, 1.165) is 19.4 Å². The van der Waals surface area contributed by atoms with Gasteiger partial charge in [-0.3, -0.25) is 0 Å². The third kappa shape index (κ3) is 3.69. The number of hydrogen-bond donors (Lipinski definition) is 0. The van der Waals surface area contributed by atoms with E-state index in [4.69, 9.17) is 0 Å². The van der Waals surface area contributed by atoms with Crippen molar-refractivity contribution in [3.63, 3.8) is 0 Å². The van der Waals surface area contributed by atoms with Gasteiger partial charge in [-0.05, 0) is 74.7 Å². The van der Waals surface area contributed by atoms with Gasteiger partial charge in [-0.15, -0.1) is 0 Å². The van der Waals surface area contributed by atoms with Crippen LogP contribution in [-0.4, -0.2) is 4.57 Å². The Labute approximate surface area is 240 Å². The van der Waals surface area contributed by atoms with E-state index in [1.165, 1.54) is 71.2 Å². The molecule has 1 heterocycles. The zero-order valence-corrected chi connectivity index (χ0v) is 23.1. The van der Waals surface area contributed by atoms with E-state index in [1.54, 1.807) is 0 Å². The Balaban J connectivity index is 1.42. The molecule has 0 saturated heterocycles. The minimum Gasteiger partial charge on any atom is -0.336 e. The summed E-state index contributed by atoms with van der Waals surface area (Å²) in [5.74, 6) is 0.254. The molecule has 196 valence electrons. The van der Waals surface area contributed by atoms with Crippen molar-refractivity contribution in [1.29, 1.82) is 0 Å². The van der Waals surface area contributed by atoms with Crippen molar-refractivity contribution in [2.75, 3.05) is 0 Å². The van der Waals surface area contributed by atoms with Crippen molar-refractivity contribution in [3.8, 4) is 0 Å². The number of rotatable bonds is 5. The van der Waals surface area contributed by atoms with Gasteiger partial charge < -0.3 is 4.57 Å². The largest absolute Gasteiger partial charge is 0.336 e. The molecule has 1 atom stereocenters. The Kier molecular flexibility index (Phi) is 5.63. The predicted octanol–water partition coefficient (Wildman–Crippen LogP) is 8.23. The van der Waals surface area contributed by atoms with Crippen LogP contribution in [0.2, 0.25) is 0 Å². The molecule has 1 nitrogen and oxygen atoms in total. The van der Waals surface area contributed by atoms with Gasteiger partial charge >= 0.3 is 0 Å². The summed E-state index contributed by atoms with van der Waals surface area (Å²) in [7, 11) is 0. The zero-order valence-electron chi connectivity index (χ0n) is 23.1. The van der Waals surface area contributed by atoms with Crippen molar-refractivity contribution in [3.05, 3.63) is 166 Å². The van der Waals surface area contributed by atoms with Crippen molar-refractivity contribution in [2.45, 2.75) is 25.3 Å². The molecule has 0 saturated carbocycles. The number of nitrogens with zero attached hydrogens (tertiary/aromatic N) is 1. The maximum absolute atomic E-state index is 3.90. The van der Waals surface area contributed by atoms with Crippen LogP contribution in [0.25, 0.3) is 45.0 Å². The van der Waals surface area contributed by atoms with Gasteiger partial charge in [0.25, 0.3) is 0 Å². The van der Waals surface area contributed by atoms with Crippen LogP contribution in [0.4, 0.5) is 0 Å². The lowest BCUT2D eigenvalue weighted by molar-refractivity contribution is 0.843. The van der Waals surface area contributed by atoms with Gasteiger partial charge in [-0.25, -0.2) is 0 Å². The summed E-state index contributed by atoms with van der Waals surface area (Å²) in [6, 6.07) is 29.3. The van der Waals surface area contributed by atoms with Gasteiger partial charge in [-0.2, -0.15) is 0 Å². The van der Waals surface area contributed by atoms with Gasteiger partial charge in [0.05, 0.1) is 0 Å². The summed E-state index contributed by atoms with van der Waals surface area (Å²) in [4.78, 5) is 0. The molecule has 0 spiro atoms. The molecule has 0 aliphatic heterocycles. The molecule has 3 aliphatic rings. The van der Waals surface area contributed by atoms with E-state index >= 15 is 0 Å². The molecule has 3 aliphatic carbocycles. The van der Waals surface area contributed by atoms with E-state index in [2.05, 4.69) is 133 Å². The molecule has 0 bridgehead atoms. The minimum absolute atomic E-state index is 0.254. The fourth-order valence-corrected chi connectivity index (χ4v) is 7.27. The standard InChI is InChI=1S/C40H31N/c1-2-3-4-14-29(31-20-9-15-27-13-5-6-18-30(27)31)26-41-36-24-8-7-19-34(36)40-37(41)25-12-22-33-32-21-10-16-28-17-11-23-35(38(28)32)39(33)40/h2-4,6-12,14-25,33H,1,5,13,26H2/b4-3-,29-14+. The Morgan fingerprint density at radius 3 is 2.73 bits per heavy atom. The minimum atomic E-state index is 0.254. The summed E-state index contributed by atoms with van der Waals surface area (Å²) >= 11 is 0. The Morgan fingerprint density at radius 1 is 0.927 bits per heavy atom. The zero-order chi connectivity index (χ0) is 27.3. The number of para-hydroxylation sites is 1. The third-order valence-electron chi connectivity index (χ3n) is 8.99. The molecule has 0 N–H and O–H groups in total. The third-order valence-corrected chi connectivity index (χ3v) is 8.99. The number of aromatic nitrogens is 1. The van der Waals surface area contributed by atoms with Crippen LogP contribution in [0.3, 0.4) is 0 Å². The summed E-state index contributed by atoms with van der Waals surface area (Å²) in [6.45, 7) is 4.68. The van der Waals surface area contributed by atoms with Crippen molar-refractivity contribution in [2.24, 2.45) is 0 Å². The molecule has 0 radical (unpaired) electrons.